The SMILES string of the molecule is CSC1(CNC2=NCC(C)(C)CS2)CCCC1. The molecule has 4 heteroatoms. The van der Waals surface area contributed by atoms with Crippen molar-refractivity contribution in [1.82, 2.24) is 5.32 Å². The molecule has 17 heavy (non-hydrogen) atoms. The molecule has 2 aliphatic rings. The Hall–Kier alpha value is 0.170. The lowest BCUT2D eigenvalue weighted by atomic mass is 9.97. The molecule has 1 aliphatic carbocycles. The predicted octanol–water partition coefficient (Wildman–Crippen LogP) is 3.38. The van der Waals surface area contributed by atoms with E-state index < -0.39 is 0 Å². The summed E-state index contributed by atoms with van der Waals surface area (Å²) in [6.45, 7) is 6.65. The quantitative estimate of drug-likeness (QED) is 0.852. The summed E-state index contributed by atoms with van der Waals surface area (Å²) < 4.78 is 0.482. The van der Waals surface area contributed by atoms with Crippen LogP contribution in [0.5, 0.6) is 0 Å². The van der Waals surface area contributed by atoms with Crippen molar-refractivity contribution in [3.63, 3.8) is 0 Å². The van der Waals surface area contributed by atoms with Crippen LogP contribution in [0.15, 0.2) is 4.99 Å². The van der Waals surface area contributed by atoms with Crippen molar-refractivity contribution in [2.75, 3.05) is 25.1 Å². The first-order valence-corrected chi connectivity index (χ1v) is 8.73. The van der Waals surface area contributed by atoms with Crippen molar-refractivity contribution in [3.8, 4) is 0 Å². The summed E-state index contributed by atoms with van der Waals surface area (Å²) in [5, 5.41) is 4.76. The largest absolute Gasteiger partial charge is 0.364 e. The van der Waals surface area contributed by atoms with E-state index in [9.17, 15) is 0 Å². The molecule has 0 aromatic heterocycles. The molecule has 0 amide bonds. The van der Waals surface area contributed by atoms with Gasteiger partial charge in [0.2, 0.25) is 0 Å². The summed E-state index contributed by atoms with van der Waals surface area (Å²) in [5.41, 5.74) is 0.375. The maximum Gasteiger partial charge on any atom is 0.156 e. The second-order valence-electron chi connectivity index (χ2n) is 6.02. The topological polar surface area (TPSA) is 24.4 Å². The highest BCUT2D eigenvalue weighted by atomic mass is 32.2. The third-order valence-electron chi connectivity index (χ3n) is 3.76. The van der Waals surface area contributed by atoms with E-state index in [0.717, 1.165) is 13.1 Å². The number of rotatable bonds is 3. The van der Waals surface area contributed by atoms with Crippen LogP contribution in [0.1, 0.15) is 39.5 Å². The van der Waals surface area contributed by atoms with E-state index in [1.807, 2.05) is 23.5 Å². The molecule has 2 nitrogen and oxygen atoms in total. The molecule has 0 radical (unpaired) electrons. The van der Waals surface area contributed by atoms with E-state index in [1.54, 1.807) is 0 Å². The first kappa shape index (κ1) is 13.6. The Balaban J connectivity index is 1.84. The minimum Gasteiger partial charge on any atom is -0.364 e. The van der Waals surface area contributed by atoms with Gasteiger partial charge in [-0.3, -0.25) is 4.99 Å². The van der Waals surface area contributed by atoms with Gasteiger partial charge in [-0.1, -0.05) is 38.5 Å². The van der Waals surface area contributed by atoms with Crippen LogP contribution in [0.2, 0.25) is 0 Å². The highest BCUT2D eigenvalue weighted by Gasteiger charge is 2.33. The molecule has 0 saturated heterocycles. The van der Waals surface area contributed by atoms with E-state index in [-0.39, 0.29) is 0 Å². The normalized spacial score (nSPS) is 26.6. The third-order valence-corrected chi connectivity index (χ3v) is 6.65. The molecule has 2 rings (SSSR count). The van der Waals surface area contributed by atoms with Crippen molar-refractivity contribution >= 4 is 28.7 Å². The molecule has 0 unspecified atom stereocenters. The van der Waals surface area contributed by atoms with Gasteiger partial charge in [0.25, 0.3) is 0 Å². The van der Waals surface area contributed by atoms with E-state index in [0.29, 0.717) is 10.2 Å². The van der Waals surface area contributed by atoms with Gasteiger partial charge >= 0.3 is 0 Å². The van der Waals surface area contributed by atoms with Crippen molar-refractivity contribution in [2.45, 2.75) is 44.3 Å². The van der Waals surface area contributed by atoms with Crippen LogP contribution in [0.4, 0.5) is 0 Å². The summed E-state index contributed by atoms with van der Waals surface area (Å²) in [6.07, 6.45) is 7.78. The fraction of sp³-hybridized carbons (Fsp3) is 0.923. The Labute approximate surface area is 114 Å². The monoisotopic (exact) mass is 272 g/mol. The highest BCUT2D eigenvalue weighted by molar-refractivity contribution is 8.13. The number of thioether (sulfide) groups is 2. The highest BCUT2D eigenvalue weighted by Crippen LogP contribution is 2.39. The fourth-order valence-electron chi connectivity index (χ4n) is 2.46. The lowest BCUT2D eigenvalue weighted by molar-refractivity contribution is 0.436. The van der Waals surface area contributed by atoms with Gasteiger partial charge in [0.15, 0.2) is 5.17 Å². The van der Waals surface area contributed by atoms with Crippen LogP contribution >= 0.6 is 23.5 Å². The predicted molar refractivity (Wildman–Crippen MR) is 81.3 cm³/mol. The zero-order valence-electron chi connectivity index (χ0n) is 11.2. The number of nitrogens with one attached hydrogen (secondary N) is 1. The van der Waals surface area contributed by atoms with Gasteiger partial charge in [0, 0.05) is 23.6 Å². The first-order chi connectivity index (χ1) is 8.05. The van der Waals surface area contributed by atoms with Crippen LogP contribution in [-0.4, -0.2) is 35.0 Å². The van der Waals surface area contributed by atoms with Gasteiger partial charge in [-0.05, 0) is 24.5 Å². The van der Waals surface area contributed by atoms with Gasteiger partial charge in [-0.2, -0.15) is 11.8 Å². The first-order valence-electron chi connectivity index (χ1n) is 6.52. The molecule has 0 aromatic carbocycles. The van der Waals surface area contributed by atoms with Gasteiger partial charge < -0.3 is 5.32 Å². The molecule has 0 atom stereocenters. The minimum absolute atomic E-state index is 0.375. The molecule has 98 valence electrons. The van der Waals surface area contributed by atoms with Gasteiger partial charge in [0.05, 0.1) is 0 Å². The van der Waals surface area contributed by atoms with E-state index in [2.05, 4.69) is 30.4 Å². The van der Waals surface area contributed by atoms with Crippen LogP contribution in [-0.2, 0) is 0 Å². The van der Waals surface area contributed by atoms with Gasteiger partial charge in [0.1, 0.15) is 0 Å². The second-order valence-corrected chi connectivity index (χ2v) is 8.26. The average molecular weight is 272 g/mol. The molecular weight excluding hydrogens is 248 g/mol. The van der Waals surface area contributed by atoms with E-state index >= 15 is 0 Å². The lowest BCUT2D eigenvalue weighted by Crippen LogP contribution is -2.39. The minimum atomic E-state index is 0.375. The summed E-state index contributed by atoms with van der Waals surface area (Å²) in [4.78, 5) is 4.67. The van der Waals surface area contributed by atoms with Crippen LogP contribution in [0, 0.1) is 5.41 Å². The van der Waals surface area contributed by atoms with Crippen molar-refractivity contribution < 1.29 is 0 Å². The number of nitrogens with zero attached hydrogens (tertiary/aromatic N) is 1. The van der Waals surface area contributed by atoms with Crippen LogP contribution < -0.4 is 5.32 Å². The van der Waals surface area contributed by atoms with Crippen molar-refractivity contribution in [2.24, 2.45) is 10.4 Å². The summed E-state index contributed by atoms with van der Waals surface area (Å²) >= 11 is 3.93. The Morgan fingerprint density at radius 1 is 1.35 bits per heavy atom. The average Bonchev–Trinajstić information content (AvgIpc) is 2.77. The smallest absolute Gasteiger partial charge is 0.156 e. The molecule has 1 aliphatic heterocycles. The zero-order valence-corrected chi connectivity index (χ0v) is 12.8. The zero-order chi connectivity index (χ0) is 12.4. The Morgan fingerprint density at radius 2 is 2.06 bits per heavy atom. The van der Waals surface area contributed by atoms with Gasteiger partial charge in [-0.25, -0.2) is 0 Å². The maximum atomic E-state index is 4.67. The van der Waals surface area contributed by atoms with E-state index in [1.165, 1.54) is 36.6 Å². The van der Waals surface area contributed by atoms with E-state index in [4.69, 9.17) is 0 Å². The Bertz CT molecular complexity index is 294. The van der Waals surface area contributed by atoms with Crippen LogP contribution in [0.3, 0.4) is 0 Å². The Morgan fingerprint density at radius 3 is 2.59 bits per heavy atom. The number of hydrogen-bond acceptors (Lipinski definition) is 4. The number of hydrogen-bond donors (Lipinski definition) is 1. The molecule has 0 aromatic rings. The summed E-state index contributed by atoms with van der Waals surface area (Å²) in [5.74, 6) is 1.19. The summed E-state index contributed by atoms with van der Waals surface area (Å²) in [7, 11) is 0. The van der Waals surface area contributed by atoms with Gasteiger partial charge in [-0.15, -0.1) is 0 Å². The molecule has 0 bridgehead atoms. The number of aliphatic imine (C=N–C) groups is 1. The molecule has 1 heterocycles. The molecule has 1 fully saturated rings. The Kier molecular flexibility index (Phi) is 4.35. The standard InChI is InChI=1S/C13H24N2S2/c1-12(2)8-14-11(17-10-12)15-9-13(16-3)6-4-5-7-13/h4-10H2,1-3H3,(H,14,15). The molecular formula is C13H24N2S2. The number of amidine groups is 1. The maximum absolute atomic E-state index is 4.67. The van der Waals surface area contributed by atoms with Crippen molar-refractivity contribution in [3.05, 3.63) is 0 Å². The molecule has 1 saturated carbocycles. The van der Waals surface area contributed by atoms with Crippen LogP contribution in [0.25, 0.3) is 0 Å². The fourth-order valence-corrected chi connectivity index (χ4v) is 4.32. The summed E-state index contributed by atoms with van der Waals surface area (Å²) in [6, 6.07) is 0. The lowest BCUT2D eigenvalue weighted by Gasteiger charge is -2.31. The second kappa shape index (κ2) is 5.43. The molecule has 1 N–H and O–H groups in total. The molecule has 0 spiro atoms. The third kappa shape index (κ3) is 3.57. The van der Waals surface area contributed by atoms with Crippen molar-refractivity contribution in [1.29, 1.82) is 0 Å².